The van der Waals surface area contributed by atoms with Gasteiger partial charge in [-0.15, -0.1) is 0 Å². The molecule has 2 aromatic rings. The largest absolute Gasteiger partial charge is 0.480 e. The highest BCUT2D eigenvalue weighted by molar-refractivity contribution is 7.99. The van der Waals surface area contributed by atoms with Crippen molar-refractivity contribution in [2.45, 2.75) is 75.3 Å². The van der Waals surface area contributed by atoms with Gasteiger partial charge < -0.3 is 9.47 Å². The monoisotopic (exact) mass is 520 g/mol. The molecule has 0 saturated carbocycles. The van der Waals surface area contributed by atoms with Crippen LogP contribution < -0.4 is 0 Å². The number of nitrogens with zero attached hydrogens (tertiary/aromatic N) is 2. The first-order valence-corrected chi connectivity index (χ1v) is 13.4. The van der Waals surface area contributed by atoms with Crippen molar-refractivity contribution < 1.29 is 9.47 Å². The van der Waals surface area contributed by atoms with E-state index in [4.69, 9.17) is 42.7 Å². The van der Waals surface area contributed by atoms with Crippen LogP contribution in [-0.4, -0.2) is 36.6 Å². The lowest BCUT2D eigenvalue weighted by Gasteiger charge is -2.36. The molecule has 0 radical (unpaired) electrons. The van der Waals surface area contributed by atoms with Crippen LogP contribution in [0.25, 0.3) is 0 Å². The summed E-state index contributed by atoms with van der Waals surface area (Å²) >= 11 is 14.5. The van der Waals surface area contributed by atoms with E-state index in [9.17, 15) is 0 Å². The second kappa shape index (κ2) is 11.8. The van der Waals surface area contributed by atoms with Gasteiger partial charge in [-0.2, -0.15) is 0 Å². The molecule has 1 aliphatic rings. The molecule has 184 valence electrons. The van der Waals surface area contributed by atoms with E-state index >= 15 is 0 Å². The summed E-state index contributed by atoms with van der Waals surface area (Å²) in [5, 5.41) is 1.46. The number of aliphatic imine (C=N–C) groups is 2. The highest BCUT2D eigenvalue weighted by Crippen LogP contribution is 2.38. The highest BCUT2D eigenvalue weighted by Gasteiger charge is 2.41. The van der Waals surface area contributed by atoms with E-state index in [1.165, 1.54) is 0 Å². The third-order valence-corrected chi connectivity index (χ3v) is 7.31. The minimum atomic E-state index is -0.622. The van der Waals surface area contributed by atoms with Gasteiger partial charge in [-0.3, -0.25) is 0 Å². The maximum Gasteiger partial charge on any atom is 0.212 e. The Balaban J connectivity index is 1.84. The van der Waals surface area contributed by atoms with Crippen LogP contribution in [0.2, 0.25) is 10.0 Å². The normalized spacial score (nSPS) is 21.1. The van der Waals surface area contributed by atoms with E-state index in [1.807, 2.05) is 44.2 Å². The van der Waals surface area contributed by atoms with E-state index in [2.05, 4.69) is 39.8 Å². The smallest absolute Gasteiger partial charge is 0.212 e. The lowest BCUT2D eigenvalue weighted by Crippen LogP contribution is -2.46. The minimum absolute atomic E-state index is 0.128. The zero-order valence-corrected chi connectivity index (χ0v) is 23.1. The standard InChI is InChI=1S/C27H34Cl2N2O2S/c1-7-32-25-24(17(3)4)30-26(33-8-2)27(6,31-25)16-18(5)22-13-12-21(15-23(22)29)34-20-11-9-10-19(28)14-20/h9-15,17-18,24H,7-8,16H2,1-6H3/t18?,24-,27+/m0/s1. The molecule has 0 saturated heterocycles. The van der Waals surface area contributed by atoms with Crippen molar-refractivity contribution in [2.24, 2.45) is 15.9 Å². The Morgan fingerprint density at radius 1 is 1.00 bits per heavy atom. The number of benzene rings is 2. The van der Waals surface area contributed by atoms with Gasteiger partial charge >= 0.3 is 0 Å². The van der Waals surface area contributed by atoms with Gasteiger partial charge in [0.15, 0.2) is 0 Å². The maximum absolute atomic E-state index is 6.76. The van der Waals surface area contributed by atoms with Crippen LogP contribution in [0, 0.1) is 5.92 Å². The average molecular weight is 522 g/mol. The van der Waals surface area contributed by atoms with Crippen molar-refractivity contribution in [3.8, 4) is 0 Å². The topological polar surface area (TPSA) is 43.2 Å². The Morgan fingerprint density at radius 2 is 1.71 bits per heavy atom. The van der Waals surface area contributed by atoms with E-state index in [1.54, 1.807) is 11.8 Å². The van der Waals surface area contributed by atoms with Gasteiger partial charge in [0.1, 0.15) is 11.6 Å². The number of rotatable bonds is 8. The highest BCUT2D eigenvalue weighted by atomic mass is 35.5. The molecule has 0 spiro atoms. The Kier molecular flexibility index (Phi) is 9.36. The predicted molar refractivity (Wildman–Crippen MR) is 145 cm³/mol. The van der Waals surface area contributed by atoms with Gasteiger partial charge in [0, 0.05) is 19.8 Å². The number of hydrogen-bond donors (Lipinski definition) is 0. The Bertz CT molecular complexity index is 1060. The fourth-order valence-corrected chi connectivity index (χ4v) is 5.79. The Morgan fingerprint density at radius 3 is 2.32 bits per heavy atom. The molecule has 0 amide bonds. The molecule has 34 heavy (non-hydrogen) atoms. The molecule has 0 fully saturated rings. The van der Waals surface area contributed by atoms with E-state index in [0.717, 1.165) is 25.4 Å². The first-order valence-electron chi connectivity index (χ1n) is 11.8. The Hall–Kier alpha value is -1.69. The van der Waals surface area contributed by atoms with Crippen molar-refractivity contribution in [1.29, 1.82) is 0 Å². The van der Waals surface area contributed by atoms with Crippen LogP contribution in [-0.2, 0) is 9.47 Å². The molecule has 0 bridgehead atoms. The molecule has 0 N–H and O–H groups in total. The van der Waals surface area contributed by atoms with Crippen molar-refractivity contribution >= 4 is 46.8 Å². The maximum atomic E-state index is 6.76. The van der Waals surface area contributed by atoms with Crippen molar-refractivity contribution in [2.75, 3.05) is 13.2 Å². The second-order valence-electron chi connectivity index (χ2n) is 9.06. The quantitative estimate of drug-likeness (QED) is 0.351. The van der Waals surface area contributed by atoms with Crippen molar-refractivity contribution in [3.05, 3.63) is 58.1 Å². The summed E-state index contributed by atoms with van der Waals surface area (Å²) in [7, 11) is 0. The summed E-state index contributed by atoms with van der Waals surface area (Å²) < 4.78 is 11.9. The molecular formula is C27H34Cl2N2O2S. The zero-order chi connectivity index (χ0) is 24.9. The summed E-state index contributed by atoms with van der Waals surface area (Å²) in [5.74, 6) is 1.76. The molecule has 3 rings (SSSR count). The van der Waals surface area contributed by atoms with Crippen LogP contribution >= 0.6 is 35.0 Å². The molecule has 2 aromatic carbocycles. The van der Waals surface area contributed by atoms with Gasteiger partial charge in [0.2, 0.25) is 11.8 Å². The second-order valence-corrected chi connectivity index (χ2v) is 11.1. The van der Waals surface area contributed by atoms with Gasteiger partial charge in [-0.05, 0) is 74.9 Å². The number of halogens is 2. The van der Waals surface area contributed by atoms with Crippen LogP contribution in [0.5, 0.6) is 0 Å². The van der Waals surface area contributed by atoms with Crippen molar-refractivity contribution in [3.63, 3.8) is 0 Å². The molecule has 0 aromatic heterocycles. The predicted octanol–water partition coefficient (Wildman–Crippen LogP) is 8.31. The van der Waals surface area contributed by atoms with Crippen LogP contribution in [0.3, 0.4) is 0 Å². The van der Waals surface area contributed by atoms with Gasteiger partial charge in [0.05, 0.1) is 13.2 Å². The zero-order valence-electron chi connectivity index (χ0n) is 20.8. The minimum Gasteiger partial charge on any atom is -0.480 e. The van der Waals surface area contributed by atoms with Crippen molar-refractivity contribution in [1.82, 2.24) is 0 Å². The van der Waals surface area contributed by atoms with E-state index in [-0.39, 0.29) is 17.9 Å². The summed E-state index contributed by atoms with van der Waals surface area (Å²) in [5.41, 5.74) is 0.455. The third-order valence-electron chi connectivity index (χ3n) is 5.77. The lowest BCUT2D eigenvalue weighted by molar-refractivity contribution is 0.253. The number of ether oxygens (including phenoxy) is 2. The SMILES string of the molecule is CCOC1=N[C@](C)(CC(C)c2ccc(Sc3cccc(Cl)c3)cc2Cl)C(OCC)=N[C@H]1C(C)C. The number of hydrogen-bond acceptors (Lipinski definition) is 5. The molecule has 1 aliphatic heterocycles. The van der Waals surface area contributed by atoms with E-state index in [0.29, 0.717) is 31.4 Å². The molecule has 1 unspecified atom stereocenters. The molecule has 0 aliphatic carbocycles. The molecule has 1 heterocycles. The lowest BCUT2D eigenvalue weighted by atomic mass is 9.84. The van der Waals surface area contributed by atoms with Gasteiger partial charge in [-0.1, -0.05) is 67.9 Å². The molecule has 7 heteroatoms. The van der Waals surface area contributed by atoms with Crippen LogP contribution in [0.1, 0.15) is 59.4 Å². The summed E-state index contributed by atoms with van der Waals surface area (Å²) in [6.45, 7) is 13.6. The summed E-state index contributed by atoms with van der Waals surface area (Å²) in [6, 6.07) is 13.9. The molecule has 3 atom stereocenters. The molecule has 4 nitrogen and oxygen atoms in total. The fourth-order valence-electron chi connectivity index (χ4n) is 4.18. The van der Waals surface area contributed by atoms with Gasteiger partial charge in [-0.25, -0.2) is 9.98 Å². The van der Waals surface area contributed by atoms with E-state index < -0.39 is 5.54 Å². The summed E-state index contributed by atoms with van der Waals surface area (Å²) in [4.78, 5) is 12.2. The molecular weight excluding hydrogens is 487 g/mol. The first kappa shape index (κ1) is 26.9. The van der Waals surface area contributed by atoms with Crippen LogP contribution in [0.4, 0.5) is 0 Å². The Labute approximate surface area is 218 Å². The first-order chi connectivity index (χ1) is 16.2. The average Bonchev–Trinajstić information content (AvgIpc) is 2.75. The summed E-state index contributed by atoms with van der Waals surface area (Å²) in [6.07, 6.45) is 0.702. The fraction of sp³-hybridized carbons (Fsp3) is 0.481. The van der Waals surface area contributed by atoms with Gasteiger partial charge in [0.25, 0.3) is 0 Å². The van der Waals surface area contributed by atoms with Crippen LogP contribution in [0.15, 0.2) is 62.2 Å². The third kappa shape index (κ3) is 6.50.